The number of anilines is 2. The predicted molar refractivity (Wildman–Crippen MR) is 137 cm³/mol. The zero-order chi connectivity index (χ0) is 25.1. The van der Waals surface area contributed by atoms with Crippen molar-refractivity contribution >= 4 is 28.2 Å². The highest BCUT2D eigenvalue weighted by molar-refractivity contribution is 7.16. The lowest BCUT2D eigenvalue weighted by Crippen LogP contribution is -2.19. The van der Waals surface area contributed by atoms with Crippen molar-refractivity contribution in [3.8, 4) is 11.5 Å². The second kappa shape index (κ2) is 10.2. The van der Waals surface area contributed by atoms with Crippen LogP contribution in [0.3, 0.4) is 0 Å². The Morgan fingerprint density at radius 1 is 1.03 bits per heavy atom. The van der Waals surface area contributed by atoms with Crippen molar-refractivity contribution in [3.05, 3.63) is 81.4 Å². The van der Waals surface area contributed by atoms with Crippen molar-refractivity contribution in [2.24, 2.45) is 0 Å². The lowest BCUT2D eigenvalue weighted by Gasteiger charge is -2.24. The van der Waals surface area contributed by atoms with Crippen LogP contribution in [0.4, 0.5) is 10.9 Å². The Hall–Kier alpha value is -3.85. The maximum Gasteiger partial charge on any atom is 0.291 e. The molecule has 1 atom stereocenters. The number of thiophene rings is 1. The number of aromatic nitrogens is 2. The zero-order valence-electron chi connectivity index (χ0n) is 20.6. The molecule has 182 valence electrons. The van der Waals surface area contributed by atoms with E-state index in [2.05, 4.69) is 20.6 Å². The highest BCUT2D eigenvalue weighted by Gasteiger charge is 2.28. The van der Waals surface area contributed by atoms with Gasteiger partial charge in [0, 0.05) is 27.4 Å². The monoisotopic (exact) mass is 492 g/mol. The number of ether oxygens (including phenoxy) is 2. The van der Waals surface area contributed by atoms with E-state index in [1.807, 2.05) is 52.0 Å². The number of nitrogens with zero attached hydrogens (tertiary/aromatic N) is 2. The first kappa shape index (κ1) is 24.3. The molecule has 0 fully saturated rings. The Kier molecular flexibility index (Phi) is 7.07. The fourth-order valence-corrected chi connectivity index (χ4v) is 5.04. The van der Waals surface area contributed by atoms with Gasteiger partial charge in [-0.25, -0.2) is 9.97 Å². The van der Waals surface area contributed by atoms with Crippen molar-refractivity contribution in [2.75, 3.05) is 24.9 Å². The van der Waals surface area contributed by atoms with Gasteiger partial charge in [-0.15, -0.1) is 11.3 Å². The summed E-state index contributed by atoms with van der Waals surface area (Å²) in [5.74, 6) is 1.74. The molecule has 0 unspecified atom stereocenters. The van der Waals surface area contributed by atoms with Crippen LogP contribution in [0.2, 0.25) is 0 Å². The van der Waals surface area contributed by atoms with E-state index >= 15 is 0 Å². The van der Waals surface area contributed by atoms with Gasteiger partial charge in [0.1, 0.15) is 16.5 Å². The molecule has 3 heterocycles. The highest BCUT2D eigenvalue weighted by Crippen LogP contribution is 2.44. The Balaban J connectivity index is 1.88. The Labute approximate surface area is 208 Å². The van der Waals surface area contributed by atoms with Crippen molar-refractivity contribution in [2.45, 2.75) is 33.7 Å². The molecule has 0 aliphatic heterocycles. The molecule has 4 rings (SSSR count). The number of aryl methyl sites for hydroxylation is 3. The summed E-state index contributed by atoms with van der Waals surface area (Å²) in [5.41, 5.74) is 4.45. The van der Waals surface area contributed by atoms with Crippen molar-refractivity contribution in [1.29, 1.82) is 0 Å². The number of methoxy groups -OCH3 is 2. The molecule has 1 amide bonds. The second-order valence-corrected chi connectivity index (χ2v) is 9.34. The van der Waals surface area contributed by atoms with Gasteiger partial charge in [-0.2, -0.15) is 0 Å². The highest BCUT2D eigenvalue weighted by atomic mass is 32.1. The van der Waals surface area contributed by atoms with Crippen LogP contribution in [-0.4, -0.2) is 30.1 Å². The molecular formula is C26H28N4O4S. The zero-order valence-corrected chi connectivity index (χ0v) is 21.4. The van der Waals surface area contributed by atoms with Crippen molar-refractivity contribution in [3.63, 3.8) is 0 Å². The first-order valence-corrected chi connectivity index (χ1v) is 11.9. The van der Waals surface area contributed by atoms with Crippen LogP contribution < -0.4 is 20.1 Å². The average molecular weight is 493 g/mol. The molecule has 0 aliphatic carbocycles. The van der Waals surface area contributed by atoms with Crippen LogP contribution in [0.5, 0.6) is 11.5 Å². The lowest BCUT2D eigenvalue weighted by atomic mass is 9.95. The van der Waals surface area contributed by atoms with Crippen LogP contribution in [0.15, 0.2) is 47.1 Å². The topological polar surface area (TPSA) is 98.5 Å². The summed E-state index contributed by atoms with van der Waals surface area (Å²) in [7, 11) is 3.25. The molecule has 35 heavy (non-hydrogen) atoms. The summed E-state index contributed by atoms with van der Waals surface area (Å²) in [5, 5.41) is 7.23. The van der Waals surface area contributed by atoms with Crippen molar-refractivity contribution in [1.82, 2.24) is 9.97 Å². The minimum absolute atomic E-state index is 0.237. The Bertz CT molecular complexity index is 1330. The summed E-state index contributed by atoms with van der Waals surface area (Å²) in [4.78, 5) is 23.2. The molecule has 2 N–H and O–H groups in total. The van der Waals surface area contributed by atoms with E-state index in [4.69, 9.17) is 13.9 Å². The molecule has 4 aromatic rings. The van der Waals surface area contributed by atoms with Gasteiger partial charge in [-0.1, -0.05) is 0 Å². The third kappa shape index (κ3) is 5.14. The van der Waals surface area contributed by atoms with E-state index in [1.54, 1.807) is 26.4 Å². The van der Waals surface area contributed by atoms with Crippen LogP contribution in [0, 0.1) is 27.7 Å². The molecular weight excluding hydrogens is 464 g/mol. The first-order valence-electron chi connectivity index (χ1n) is 11.1. The van der Waals surface area contributed by atoms with Gasteiger partial charge in [0.05, 0.1) is 26.5 Å². The third-order valence-electron chi connectivity index (χ3n) is 5.70. The molecule has 0 saturated heterocycles. The third-order valence-corrected chi connectivity index (χ3v) is 6.83. The predicted octanol–water partition coefficient (Wildman–Crippen LogP) is 5.84. The fraction of sp³-hybridized carbons (Fsp3) is 0.269. The van der Waals surface area contributed by atoms with E-state index in [1.165, 1.54) is 17.6 Å². The van der Waals surface area contributed by atoms with Gasteiger partial charge in [-0.05, 0) is 69.7 Å². The number of hydrogen-bond acceptors (Lipinski definition) is 8. The van der Waals surface area contributed by atoms with Gasteiger partial charge < -0.3 is 24.5 Å². The normalized spacial score (nSPS) is 11.7. The number of rotatable bonds is 8. The maximum atomic E-state index is 12.9. The van der Waals surface area contributed by atoms with Crippen LogP contribution in [0.1, 0.15) is 49.6 Å². The number of hydrogen-bond donors (Lipinski definition) is 2. The van der Waals surface area contributed by atoms with Gasteiger partial charge in [0.15, 0.2) is 5.76 Å². The number of amides is 1. The SMILES string of the molecule is COc1ccc(OC)c([C@@H](Nc2nc(C)cc(C)n2)c2c(NC(=O)c3ccco3)sc(C)c2C)c1. The number of nitrogens with one attached hydrogen (secondary N) is 2. The number of carbonyl (C=O) groups excluding carboxylic acids is 1. The molecule has 0 radical (unpaired) electrons. The summed E-state index contributed by atoms with van der Waals surface area (Å²) < 4.78 is 16.5. The molecule has 3 aromatic heterocycles. The van der Waals surface area contributed by atoms with E-state index in [0.717, 1.165) is 33.0 Å². The van der Waals surface area contributed by atoms with Crippen LogP contribution in [0.25, 0.3) is 0 Å². The minimum Gasteiger partial charge on any atom is -0.497 e. The second-order valence-electron chi connectivity index (χ2n) is 8.12. The molecule has 0 aliphatic rings. The van der Waals surface area contributed by atoms with Crippen LogP contribution >= 0.6 is 11.3 Å². The van der Waals surface area contributed by atoms with E-state index < -0.39 is 6.04 Å². The lowest BCUT2D eigenvalue weighted by molar-refractivity contribution is 0.0997. The van der Waals surface area contributed by atoms with Gasteiger partial charge in [0.25, 0.3) is 5.91 Å². The fourth-order valence-electron chi connectivity index (χ4n) is 3.95. The van der Waals surface area contributed by atoms with Crippen molar-refractivity contribution < 1.29 is 18.7 Å². The minimum atomic E-state index is -0.446. The average Bonchev–Trinajstić information content (AvgIpc) is 3.45. The van der Waals surface area contributed by atoms with Gasteiger partial charge in [-0.3, -0.25) is 4.79 Å². The Morgan fingerprint density at radius 3 is 2.40 bits per heavy atom. The number of furan rings is 1. The summed E-state index contributed by atoms with van der Waals surface area (Å²) >= 11 is 1.50. The van der Waals surface area contributed by atoms with E-state index in [0.29, 0.717) is 22.4 Å². The summed E-state index contributed by atoms with van der Waals surface area (Å²) in [6, 6.07) is 10.4. The number of carbonyl (C=O) groups is 1. The van der Waals surface area contributed by atoms with Crippen LogP contribution in [-0.2, 0) is 0 Å². The summed E-state index contributed by atoms with van der Waals surface area (Å²) in [6.07, 6.45) is 1.48. The number of benzene rings is 1. The molecule has 0 bridgehead atoms. The van der Waals surface area contributed by atoms with Gasteiger partial charge in [0.2, 0.25) is 5.95 Å². The smallest absolute Gasteiger partial charge is 0.291 e. The van der Waals surface area contributed by atoms with E-state index in [9.17, 15) is 4.79 Å². The summed E-state index contributed by atoms with van der Waals surface area (Å²) in [6.45, 7) is 7.92. The Morgan fingerprint density at radius 2 is 1.77 bits per heavy atom. The molecule has 0 spiro atoms. The maximum absolute atomic E-state index is 12.9. The largest absolute Gasteiger partial charge is 0.497 e. The molecule has 9 heteroatoms. The molecule has 1 aromatic carbocycles. The molecule has 0 saturated carbocycles. The van der Waals surface area contributed by atoms with E-state index in [-0.39, 0.29) is 11.7 Å². The standard InChI is InChI=1S/C26H28N4O4S/c1-14-12-15(2)28-26(27-14)29-23(19-13-18(32-5)9-10-20(19)33-6)22-16(3)17(4)35-25(22)30-24(31)21-8-7-11-34-21/h7-13,23H,1-6H3,(H,30,31)(H,27,28,29)/t23-/m1/s1. The molecule has 8 nitrogen and oxygen atoms in total. The van der Waals surface area contributed by atoms with Gasteiger partial charge >= 0.3 is 0 Å². The quantitative estimate of drug-likeness (QED) is 0.319. The first-order chi connectivity index (χ1) is 16.8.